The van der Waals surface area contributed by atoms with Crippen LogP contribution in [-0.4, -0.2) is 81.8 Å². The molecule has 0 heterocycles. The van der Waals surface area contributed by atoms with Crippen molar-refractivity contribution in [1.29, 1.82) is 0 Å². The van der Waals surface area contributed by atoms with Crippen LogP contribution in [0.25, 0.3) is 0 Å². The summed E-state index contributed by atoms with van der Waals surface area (Å²) in [5.74, 6) is -5.09. The van der Waals surface area contributed by atoms with Gasteiger partial charge in [-0.2, -0.15) is 0 Å². The van der Waals surface area contributed by atoms with Crippen molar-refractivity contribution >= 4 is 29.6 Å². The van der Waals surface area contributed by atoms with Crippen molar-refractivity contribution in [2.45, 2.75) is 50.5 Å². The highest BCUT2D eigenvalue weighted by molar-refractivity contribution is 5.94. The Balaban J connectivity index is 4.81. The van der Waals surface area contributed by atoms with Gasteiger partial charge in [-0.05, 0) is 13.8 Å². The van der Waals surface area contributed by atoms with E-state index in [-0.39, 0.29) is 0 Å². The molecule has 13 heteroatoms. The van der Waals surface area contributed by atoms with Crippen LogP contribution in [0.15, 0.2) is 0 Å². The van der Waals surface area contributed by atoms with E-state index in [1.807, 2.05) is 5.32 Å². The summed E-state index contributed by atoms with van der Waals surface area (Å²) in [7, 11) is 0. The Kier molecular flexibility index (Phi) is 9.92. The predicted octanol–water partition coefficient (Wildman–Crippen LogP) is -4.88. The summed E-state index contributed by atoms with van der Waals surface area (Å²) in [6.07, 6.45) is -1.86. The minimum Gasteiger partial charge on any atom is -0.480 e. The normalized spacial score (nSPS) is 16.2. The molecule has 5 unspecified atom stereocenters. The van der Waals surface area contributed by atoms with Crippen LogP contribution in [0.5, 0.6) is 0 Å². The van der Waals surface area contributed by atoms with Gasteiger partial charge in [0.15, 0.2) is 6.04 Å². The maximum absolute atomic E-state index is 12.1. The van der Waals surface area contributed by atoms with Crippen molar-refractivity contribution in [3.05, 3.63) is 0 Å². The molecular formula is C14H25N5O8. The number of nitrogens with two attached hydrogens (primary N) is 2. The van der Waals surface area contributed by atoms with Crippen molar-refractivity contribution in [2.24, 2.45) is 11.5 Å². The first-order valence-electron chi connectivity index (χ1n) is 7.87. The maximum Gasteiger partial charge on any atom is 0.328 e. The van der Waals surface area contributed by atoms with Crippen LogP contribution >= 0.6 is 0 Å². The van der Waals surface area contributed by atoms with Crippen molar-refractivity contribution in [3.8, 4) is 0 Å². The van der Waals surface area contributed by atoms with Crippen LogP contribution in [0.2, 0.25) is 0 Å². The van der Waals surface area contributed by atoms with E-state index < -0.39 is 72.9 Å². The second kappa shape index (κ2) is 11.1. The summed E-state index contributed by atoms with van der Waals surface area (Å²) in [5, 5.41) is 33.8. The molecule has 13 nitrogen and oxygen atoms in total. The first kappa shape index (κ1) is 24.2. The molecule has 0 radical (unpaired) electrons. The van der Waals surface area contributed by atoms with E-state index in [9.17, 15) is 34.2 Å². The van der Waals surface area contributed by atoms with E-state index >= 15 is 0 Å². The number of carbonyl (C=O) groups is 5. The Morgan fingerprint density at radius 1 is 0.963 bits per heavy atom. The van der Waals surface area contributed by atoms with Gasteiger partial charge in [0, 0.05) is 0 Å². The lowest BCUT2D eigenvalue weighted by Gasteiger charge is -2.23. The quantitative estimate of drug-likeness (QED) is 0.168. The van der Waals surface area contributed by atoms with E-state index in [0.717, 1.165) is 6.92 Å². The van der Waals surface area contributed by atoms with Gasteiger partial charge in [0.2, 0.25) is 23.6 Å². The predicted molar refractivity (Wildman–Crippen MR) is 89.7 cm³/mol. The van der Waals surface area contributed by atoms with E-state index in [2.05, 4.69) is 10.6 Å². The van der Waals surface area contributed by atoms with Crippen molar-refractivity contribution in [1.82, 2.24) is 16.0 Å². The zero-order chi connectivity index (χ0) is 21.3. The molecule has 0 saturated carbocycles. The Morgan fingerprint density at radius 2 is 1.52 bits per heavy atom. The lowest BCUT2D eigenvalue weighted by atomic mass is 10.1. The molecule has 0 rings (SSSR count). The van der Waals surface area contributed by atoms with Gasteiger partial charge in [-0.1, -0.05) is 0 Å². The average molecular weight is 391 g/mol. The first-order chi connectivity index (χ1) is 12.4. The zero-order valence-corrected chi connectivity index (χ0v) is 14.8. The largest absolute Gasteiger partial charge is 0.480 e. The molecule has 0 aromatic rings. The van der Waals surface area contributed by atoms with Gasteiger partial charge in [-0.25, -0.2) is 4.79 Å². The Labute approximate surface area is 154 Å². The molecule has 10 N–H and O–H groups in total. The van der Waals surface area contributed by atoms with E-state index in [1.54, 1.807) is 0 Å². The third kappa shape index (κ3) is 8.44. The molecule has 0 aromatic carbocycles. The van der Waals surface area contributed by atoms with Crippen molar-refractivity contribution in [2.75, 3.05) is 6.61 Å². The van der Waals surface area contributed by atoms with Crippen molar-refractivity contribution < 1.29 is 39.3 Å². The smallest absolute Gasteiger partial charge is 0.328 e. The molecule has 0 aromatic heterocycles. The molecule has 27 heavy (non-hydrogen) atoms. The molecule has 0 spiro atoms. The molecule has 0 aliphatic rings. The van der Waals surface area contributed by atoms with E-state index in [0.29, 0.717) is 0 Å². The van der Waals surface area contributed by atoms with Gasteiger partial charge in [0.1, 0.15) is 12.1 Å². The summed E-state index contributed by atoms with van der Waals surface area (Å²) in [4.78, 5) is 57.4. The van der Waals surface area contributed by atoms with Crippen LogP contribution in [0.3, 0.4) is 0 Å². The highest BCUT2D eigenvalue weighted by Gasteiger charge is 2.29. The molecule has 0 aliphatic heterocycles. The summed E-state index contributed by atoms with van der Waals surface area (Å²) in [6.45, 7) is 1.55. The van der Waals surface area contributed by atoms with Crippen LogP contribution in [-0.2, 0) is 24.0 Å². The average Bonchev–Trinajstić information content (AvgIpc) is 2.55. The molecule has 4 amide bonds. The van der Waals surface area contributed by atoms with Crippen LogP contribution in [0.1, 0.15) is 20.3 Å². The van der Waals surface area contributed by atoms with E-state index in [1.165, 1.54) is 6.92 Å². The number of aliphatic carboxylic acids is 1. The van der Waals surface area contributed by atoms with Gasteiger partial charge in [-0.3, -0.25) is 19.2 Å². The Bertz CT molecular complexity index is 582. The third-order valence-electron chi connectivity index (χ3n) is 3.37. The van der Waals surface area contributed by atoms with Crippen molar-refractivity contribution in [3.63, 3.8) is 0 Å². The Hall–Kier alpha value is -2.77. The molecule has 0 fully saturated rings. The molecule has 154 valence electrons. The number of amides is 4. The lowest BCUT2D eigenvalue weighted by Crippen LogP contribution is -2.58. The second-order valence-corrected chi connectivity index (χ2v) is 5.82. The lowest BCUT2D eigenvalue weighted by molar-refractivity contribution is -0.145. The number of carboxylic acid groups (broad SMARTS) is 1. The Morgan fingerprint density at radius 3 is 1.93 bits per heavy atom. The standard InChI is InChI=1S/C14H25N5O8/c1-5(11(23)19-10(6(2)21)14(26)27)17-13(25)8(4-20)18-12(24)7(15)3-9(16)22/h5-8,10,20-21H,3-4,15H2,1-2H3,(H2,16,22)(H,17,25)(H,18,24)(H,19,23)(H,26,27). The number of hydrogen-bond acceptors (Lipinski definition) is 8. The number of aliphatic hydroxyl groups excluding tert-OH is 2. The number of hydrogen-bond donors (Lipinski definition) is 8. The number of nitrogens with one attached hydrogen (secondary N) is 3. The molecule has 5 atom stereocenters. The van der Waals surface area contributed by atoms with Gasteiger partial charge in [-0.15, -0.1) is 0 Å². The summed E-state index contributed by atoms with van der Waals surface area (Å²) >= 11 is 0. The minimum absolute atomic E-state index is 0.472. The SMILES string of the molecule is CC(NC(=O)C(CO)NC(=O)C(N)CC(N)=O)C(=O)NC(C(=O)O)C(C)O. The summed E-state index contributed by atoms with van der Waals surface area (Å²) < 4.78 is 0. The van der Waals surface area contributed by atoms with Gasteiger partial charge in [0.05, 0.1) is 25.2 Å². The monoisotopic (exact) mass is 391 g/mol. The highest BCUT2D eigenvalue weighted by Crippen LogP contribution is 1.96. The third-order valence-corrected chi connectivity index (χ3v) is 3.37. The summed E-state index contributed by atoms with van der Waals surface area (Å²) in [5.41, 5.74) is 10.3. The fourth-order valence-corrected chi connectivity index (χ4v) is 1.83. The van der Waals surface area contributed by atoms with Crippen LogP contribution in [0, 0.1) is 0 Å². The molecule has 0 saturated heterocycles. The molecule has 0 bridgehead atoms. The first-order valence-corrected chi connectivity index (χ1v) is 7.87. The van der Waals surface area contributed by atoms with Gasteiger partial charge in [0.25, 0.3) is 0 Å². The fourth-order valence-electron chi connectivity index (χ4n) is 1.83. The van der Waals surface area contributed by atoms with Gasteiger partial charge < -0.3 is 42.7 Å². The minimum atomic E-state index is -1.59. The molecule has 0 aliphatic carbocycles. The fraction of sp³-hybridized carbons (Fsp3) is 0.643. The van der Waals surface area contributed by atoms with Crippen LogP contribution in [0.4, 0.5) is 0 Å². The number of carboxylic acids is 1. The van der Waals surface area contributed by atoms with Gasteiger partial charge >= 0.3 is 5.97 Å². The number of carbonyl (C=O) groups excluding carboxylic acids is 4. The molecular weight excluding hydrogens is 366 g/mol. The zero-order valence-electron chi connectivity index (χ0n) is 14.8. The second-order valence-electron chi connectivity index (χ2n) is 5.82. The number of rotatable bonds is 11. The maximum atomic E-state index is 12.1. The van der Waals surface area contributed by atoms with Crippen LogP contribution < -0.4 is 27.4 Å². The topological polar surface area (TPSA) is 234 Å². The number of aliphatic hydroxyl groups is 2. The summed E-state index contributed by atoms with van der Waals surface area (Å²) in [6, 6.07) is -5.63. The number of primary amides is 1. The van der Waals surface area contributed by atoms with E-state index in [4.69, 9.17) is 16.6 Å². The highest BCUT2D eigenvalue weighted by atomic mass is 16.4.